The van der Waals surface area contributed by atoms with Crippen LogP contribution < -0.4 is 5.73 Å². The van der Waals surface area contributed by atoms with Crippen LogP contribution in [-0.2, 0) is 21.3 Å². The maximum Gasteiger partial charge on any atom is 0.303 e. The Kier molecular flexibility index (Phi) is 4.23. The largest absolute Gasteiger partial charge is 0.481 e. The molecule has 2 rings (SSSR count). The summed E-state index contributed by atoms with van der Waals surface area (Å²) in [6.07, 6.45) is 1.73. The molecule has 0 heterocycles. The second kappa shape index (κ2) is 5.75. The summed E-state index contributed by atoms with van der Waals surface area (Å²) in [5.74, 6) is -0.625. The molecule has 0 bridgehead atoms. The lowest BCUT2D eigenvalue weighted by molar-refractivity contribution is -0.138. The number of benzene rings is 1. The Bertz CT molecular complexity index is 566. The number of rotatable bonds is 7. The summed E-state index contributed by atoms with van der Waals surface area (Å²) in [7, 11) is -1.13. The fourth-order valence-corrected chi connectivity index (χ4v) is 3.99. The molecule has 1 atom stereocenters. The Morgan fingerprint density at radius 2 is 2.05 bits per heavy atom. The molecular weight excluding hydrogens is 278 g/mol. The molecule has 1 fully saturated rings. The minimum atomic E-state index is -1.13. The monoisotopic (exact) mass is 295 g/mol. The van der Waals surface area contributed by atoms with E-state index in [4.69, 9.17) is 10.8 Å². The van der Waals surface area contributed by atoms with Crippen molar-refractivity contribution in [3.8, 4) is 0 Å². The maximum atomic E-state index is 12.1. The lowest BCUT2D eigenvalue weighted by Gasteiger charge is -2.12. The molecular formula is C14H17NO4S. The van der Waals surface area contributed by atoms with Gasteiger partial charge in [0.1, 0.15) is 0 Å². The first-order valence-electron chi connectivity index (χ1n) is 6.36. The van der Waals surface area contributed by atoms with E-state index in [1.165, 1.54) is 0 Å². The van der Waals surface area contributed by atoms with E-state index in [0.717, 1.165) is 18.4 Å². The molecule has 1 aromatic rings. The van der Waals surface area contributed by atoms with Crippen molar-refractivity contribution >= 4 is 22.7 Å². The van der Waals surface area contributed by atoms with Crippen LogP contribution in [0.5, 0.6) is 0 Å². The van der Waals surface area contributed by atoms with Crippen molar-refractivity contribution in [2.24, 2.45) is 11.1 Å². The summed E-state index contributed by atoms with van der Waals surface area (Å²) in [6, 6.07) is 6.75. The predicted molar refractivity (Wildman–Crippen MR) is 75.6 cm³/mol. The van der Waals surface area contributed by atoms with E-state index >= 15 is 0 Å². The van der Waals surface area contributed by atoms with E-state index in [1.54, 1.807) is 24.3 Å². The van der Waals surface area contributed by atoms with Gasteiger partial charge in [0.2, 0.25) is 5.91 Å². The molecule has 1 amide bonds. The number of hydrogen-bond donors (Lipinski definition) is 2. The Morgan fingerprint density at radius 3 is 2.60 bits per heavy atom. The van der Waals surface area contributed by atoms with Crippen LogP contribution in [0, 0.1) is 5.41 Å². The van der Waals surface area contributed by atoms with Crippen molar-refractivity contribution in [2.45, 2.75) is 25.0 Å². The molecule has 3 N–H and O–H groups in total. The second-order valence-electron chi connectivity index (χ2n) is 5.36. The highest BCUT2D eigenvalue weighted by molar-refractivity contribution is 7.84. The van der Waals surface area contributed by atoms with Crippen molar-refractivity contribution in [2.75, 3.05) is 5.75 Å². The van der Waals surface area contributed by atoms with Crippen molar-refractivity contribution in [3.63, 3.8) is 0 Å². The molecule has 1 aliphatic carbocycles. The summed E-state index contributed by atoms with van der Waals surface area (Å²) < 4.78 is 12.1. The third kappa shape index (κ3) is 3.90. The van der Waals surface area contributed by atoms with Gasteiger partial charge in [-0.2, -0.15) is 0 Å². The molecule has 1 unspecified atom stereocenters. The molecule has 1 saturated carbocycles. The molecule has 6 heteroatoms. The first kappa shape index (κ1) is 14.7. The zero-order valence-electron chi connectivity index (χ0n) is 11.0. The van der Waals surface area contributed by atoms with Gasteiger partial charge in [0, 0.05) is 27.9 Å². The van der Waals surface area contributed by atoms with E-state index in [1.807, 2.05) is 0 Å². The second-order valence-corrected chi connectivity index (χ2v) is 6.82. The summed E-state index contributed by atoms with van der Waals surface area (Å²) in [5, 5.41) is 8.84. The molecule has 1 aromatic carbocycles. The van der Waals surface area contributed by atoms with Gasteiger partial charge >= 0.3 is 5.97 Å². The van der Waals surface area contributed by atoms with Crippen LogP contribution in [0.2, 0.25) is 0 Å². The Morgan fingerprint density at radius 1 is 1.35 bits per heavy atom. The molecule has 108 valence electrons. The topological polar surface area (TPSA) is 97.5 Å². The van der Waals surface area contributed by atoms with Crippen LogP contribution in [-0.4, -0.2) is 26.9 Å². The number of carboxylic acids is 1. The highest BCUT2D eigenvalue weighted by Crippen LogP contribution is 2.49. The number of amides is 1. The van der Waals surface area contributed by atoms with Gasteiger partial charge in [-0.15, -0.1) is 0 Å². The van der Waals surface area contributed by atoms with E-state index < -0.39 is 22.7 Å². The molecule has 0 aliphatic heterocycles. The Labute approximate surface area is 119 Å². The van der Waals surface area contributed by atoms with Crippen LogP contribution in [0.4, 0.5) is 0 Å². The summed E-state index contributed by atoms with van der Waals surface area (Å²) in [4.78, 5) is 21.8. The molecule has 0 aromatic heterocycles. The summed E-state index contributed by atoms with van der Waals surface area (Å²) in [6.45, 7) is 0. The minimum Gasteiger partial charge on any atom is -0.481 e. The first-order valence-corrected chi connectivity index (χ1v) is 7.85. The van der Waals surface area contributed by atoms with Gasteiger partial charge in [0.15, 0.2) is 0 Å². The van der Waals surface area contributed by atoms with Gasteiger partial charge in [0.05, 0.1) is 6.42 Å². The van der Waals surface area contributed by atoms with Crippen LogP contribution in [0.25, 0.3) is 0 Å². The van der Waals surface area contributed by atoms with Crippen LogP contribution in [0.1, 0.15) is 35.2 Å². The molecule has 0 spiro atoms. The van der Waals surface area contributed by atoms with Crippen molar-refractivity contribution in [1.29, 1.82) is 0 Å². The number of nitrogens with two attached hydrogens (primary N) is 1. The molecule has 0 radical (unpaired) electrons. The molecule has 5 nitrogen and oxygen atoms in total. The van der Waals surface area contributed by atoms with Crippen LogP contribution in [0.15, 0.2) is 24.3 Å². The lowest BCUT2D eigenvalue weighted by Crippen LogP contribution is -2.17. The van der Waals surface area contributed by atoms with E-state index in [0.29, 0.717) is 17.1 Å². The normalized spacial score (nSPS) is 17.4. The summed E-state index contributed by atoms with van der Waals surface area (Å²) in [5.41, 5.74) is 6.10. The Balaban J connectivity index is 1.96. The van der Waals surface area contributed by atoms with E-state index in [9.17, 15) is 13.8 Å². The summed E-state index contributed by atoms with van der Waals surface area (Å²) >= 11 is 0. The number of primary amides is 1. The Hall–Kier alpha value is -1.69. The standard InChI is InChI=1S/C14H17NO4S/c15-13(18)11-3-1-2-10(6-11)8-20(19)9-14(4-5-14)7-12(16)17/h1-3,6H,4-5,7-9H2,(H2,15,18)(H,16,17). The van der Waals surface area contributed by atoms with Gasteiger partial charge in [0.25, 0.3) is 0 Å². The first-order chi connectivity index (χ1) is 9.40. The fraction of sp³-hybridized carbons (Fsp3) is 0.429. The van der Waals surface area contributed by atoms with Gasteiger partial charge in [-0.1, -0.05) is 12.1 Å². The van der Waals surface area contributed by atoms with Crippen LogP contribution in [0.3, 0.4) is 0 Å². The van der Waals surface area contributed by atoms with Gasteiger partial charge in [-0.3, -0.25) is 13.8 Å². The predicted octanol–water partition coefficient (Wildman–Crippen LogP) is 1.29. The SMILES string of the molecule is NC(=O)c1cccc(CS(=O)CC2(CC(=O)O)CC2)c1. The van der Waals surface area contributed by atoms with Crippen LogP contribution >= 0.6 is 0 Å². The number of carboxylic acid groups (broad SMARTS) is 1. The highest BCUT2D eigenvalue weighted by Gasteiger charge is 2.45. The van der Waals surface area contributed by atoms with Gasteiger partial charge < -0.3 is 10.8 Å². The van der Waals surface area contributed by atoms with E-state index in [-0.39, 0.29) is 11.8 Å². The fourth-order valence-electron chi connectivity index (χ4n) is 2.26. The zero-order valence-corrected chi connectivity index (χ0v) is 11.8. The average molecular weight is 295 g/mol. The number of aliphatic carboxylic acids is 1. The van der Waals surface area contributed by atoms with E-state index in [2.05, 4.69) is 0 Å². The van der Waals surface area contributed by atoms with Gasteiger partial charge in [-0.25, -0.2) is 0 Å². The minimum absolute atomic E-state index is 0.0834. The molecule has 1 aliphatic rings. The van der Waals surface area contributed by atoms with Crippen molar-refractivity contribution in [3.05, 3.63) is 35.4 Å². The van der Waals surface area contributed by atoms with Gasteiger partial charge in [-0.05, 0) is 36.0 Å². The average Bonchev–Trinajstić information content (AvgIpc) is 3.07. The van der Waals surface area contributed by atoms with Crippen molar-refractivity contribution in [1.82, 2.24) is 0 Å². The smallest absolute Gasteiger partial charge is 0.303 e. The highest BCUT2D eigenvalue weighted by atomic mass is 32.2. The van der Waals surface area contributed by atoms with Crippen molar-refractivity contribution < 1.29 is 18.9 Å². The molecule has 20 heavy (non-hydrogen) atoms. The molecule has 0 saturated heterocycles. The third-order valence-electron chi connectivity index (χ3n) is 3.49. The maximum absolute atomic E-state index is 12.1. The zero-order chi connectivity index (χ0) is 14.8. The third-order valence-corrected chi connectivity index (χ3v) is 5.08. The quantitative estimate of drug-likeness (QED) is 0.792. The number of carbonyl (C=O) groups is 2. The number of hydrogen-bond acceptors (Lipinski definition) is 3. The number of carbonyl (C=O) groups excluding carboxylic acids is 1. The lowest BCUT2D eigenvalue weighted by atomic mass is 10.1.